The Balaban J connectivity index is 2.16. The van der Waals surface area contributed by atoms with Crippen LogP contribution in [0.15, 0.2) is 18.2 Å². The maximum atomic E-state index is 14.0. The molecule has 0 bridgehead atoms. The molecule has 0 spiro atoms. The maximum absolute atomic E-state index is 14.0. The summed E-state index contributed by atoms with van der Waals surface area (Å²) in [4.78, 5) is 35.8. The number of rotatable bonds is 5. The number of likely N-dealkylation sites (tertiary alicyclic amines) is 1. The summed E-state index contributed by atoms with van der Waals surface area (Å²) in [7, 11) is 1.45. The van der Waals surface area contributed by atoms with E-state index in [1.165, 1.54) is 18.9 Å². The molecule has 1 aromatic rings. The van der Waals surface area contributed by atoms with Crippen LogP contribution in [-0.2, 0) is 16.0 Å². The Kier molecular flexibility index (Phi) is 4.68. The van der Waals surface area contributed by atoms with Gasteiger partial charge >= 0.3 is 5.97 Å². The van der Waals surface area contributed by atoms with Gasteiger partial charge in [0.1, 0.15) is 5.75 Å². The average Bonchev–Trinajstić information content (AvgIpc) is 2.91. The average molecular weight is 323 g/mol. The van der Waals surface area contributed by atoms with Crippen LogP contribution in [0.25, 0.3) is 0 Å². The van der Waals surface area contributed by atoms with Crippen LogP contribution in [0.1, 0.15) is 29.3 Å². The number of methoxy groups -OCH3 is 1. The second kappa shape index (κ2) is 6.36. The minimum Gasteiger partial charge on any atom is -0.496 e. The molecule has 1 aliphatic rings. The van der Waals surface area contributed by atoms with Gasteiger partial charge in [-0.3, -0.25) is 9.59 Å². The van der Waals surface area contributed by atoms with E-state index in [9.17, 15) is 18.8 Å². The van der Waals surface area contributed by atoms with Gasteiger partial charge in [-0.15, -0.1) is 0 Å². The number of carboxylic acid groups (broad SMARTS) is 1. The summed E-state index contributed by atoms with van der Waals surface area (Å²) >= 11 is 0. The van der Waals surface area contributed by atoms with E-state index in [4.69, 9.17) is 9.84 Å². The van der Waals surface area contributed by atoms with Gasteiger partial charge in [0.05, 0.1) is 20.1 Å². The molecule has 6 nitrogen and oxygen atoms in total. The van der Waals surface area contributed by atoms with Crippen LogP contribution in [0.4, 0.5) is 4.39 Å². The van der Waals surface area contributed by atoms with Gasteiger partial charge in [-0.1, -0.05) is 0 Å². The van der Waals surface area contributed by atoms with Crippen LogP contribution < -0.4 is 4.74 Å². The number of Topliss-reactive ketones (excluding diaryl/α,β-unsaturated/α-hetero) is 1. The Morgan fingerprint density at radius 3 is 2.61 bits per heavy atom. The van der Waals surface area contributed by atoms with Gasteiger partial charge < -0.3 is 14.7 Å². The minimum absolute atomic E-state index is 0.0519. The van der Waals surface area contributed by atoms with Crippen molar-refractivity contribution < 1.29 is 28.6 Å². The fraction of sp³-hybridized carbons (Fsp3) is 0.438. The molecule has 1 aliphatic heterocycles. The first-order chi connectivity index (χ1) is 10.8. The van der Waals surface area contributed by atoms with Crippen molar-refractivity contribution in [1.29, 1.82) is 0 Å². The lowest BCUT2D eigenvalue weighted by Gasteiger charge is -2.18. The molecule has 1 heterocycles. The number of hydrogen-bond donors (Lipinski definition) is 1. The van der Waals surface area contributed by atoms with Crippen LogP contribution in [0.5, 0.6) is 5.75 Å². The van der Waals surface area contributed by atoms with E-state index in [1.807, 2.05) is 0 Å². The summed E-state index contributed by atoms with van der Waals surface area (Å²) < 4.78 is 19.2. The summed E-state index contributed by atoms with van der Waals surface area (Å²) in [6.45, 7) is 1.00. The molecule has 0 radical (unpaired) electrons. The number of ketones is 1. The molecule has 1 N–H and O–H groups in total. The molecule has 1 fully saturated rings. The number of benzene rings is 1. The number of amides is 1. The topological polar surface area (TPSA) is 83.9 Å². The Hall–Kier alpha value is -2.44. The zero-order valence-corrected chi connectivity index (χ0v) is 13.0. The highest BCUT2D eigenvalue weighted by atomic mass is 19.1. The van der Waals surface area contributed by atoms with Gasteiger partial charge in [-0.2, -0.15) is 0 Å². The zero-order valence-electron chi connectivity index (χ0n) is 13.0. The first-order valence-corrected chi connectivity index (χ1v) is 7.15. The number of alkyl halides is 1. The summed E-state index contributed by atoms with van der Waals surface area (Å²) in [5.74, 6) is -1.64. The van der Waals surface area contributed by atoms with Gasteiger partial charge in [0.2, 0.25) is 11.6 Å². The first-order valence-electron chi connectivity index (χ1n) is 7.15. The lowest BCUT2D eigenvalue weighted by Crippen LogP contribution is -2.39. The van der Waals surface area contributed by atoms with Crippen molar-refractivity contribution in [2.24, 2.45) is 0 Å². The first kappa shape index (κ1) is 16.9. The van der Waals surface area contributed by atoms with Gasteiger partial charge in [0.15, 0.2) is 5.78 Å². The number of carbonyl (C=O) groups is 3. The number of carbonyl (C=O) groups excluding carboxylic acids is 2. The van der Waals surface area contributed by atoms with E-state index in [2.05, 4.69) is 0 Å². The van der Waals surface area contributed by atoms with E-state index >= 15 is 0 Å². The van der Waals surface area contributed by atoms with Crippen LogP contribution >= 0.6 is 0 Å². The number of hydrogen-bond acceptors (Lipinski definition) is 4. The normalized spacial score (nSPS) is 20.4. The van der Waals surface area contributed by atoms with Gasteiger partial charge in [-0.25, -0.2) is 9.18 Å². The third kappa shape index (κ3) is 3.49. The molecule has 1 saturated heterocycles. The largest absolute Gasteiger partial charge is 0.496 e. The summed E-state index contributed by atoms with van der Waals surface area (Å²) in [5.41, 5.74) is -1.43. The van der Waals surface area contributed by atoms with Crippen molar-refractivity contribution in [1.82, 2.24) is 4.90 Å². The summed E-state index contributed by atoms with van der Waals surface area (Å²) in [6, 6.07) is 4.76. The van der Waals surface area contributed by atoms with Crippen molar-refractivity contribution in [3.8, 4) is 5.75 Å². The molecule has 0 aromatic heterocycles. The standard InChI is InChI=1S/C16H18FNO5/c1-10(19)11-3-4-13(23-2)12(7-11)8-14(20)18-6-5-16(17,9-18)15(21)22/h3-4,7H,5-6,8-9H2,1-2H3,(H,21,22). The van der Waals surface area contributed by atoms with E-state index in [-0.39, 0.29) is 25.2 Å². The van der Waals surface area contributed by atoms with Crippen molar-refractivity contribution in [2.75, 3.05) is 20.2 Å². The Bertz CT molecular complexity index is 660. The molecule has 1 amide bonds. The number of ether oxygens (including phenoxy) is 1. The fourth-order valence-corrected chi connectivity index (χ4v) is 2.57. The highest BCUT2D eigenvalue weighted by molar-refractivity contribution is 5.94. The van der Waals surface area contributed by atoms with Gasteiger partial charge in [-0.05, 0) is 25.1 Å². The molecule has 1 aromatic carbocycles. The highest BCUT2D eigenvalue weighted by Gasteiger charge is 2.46. The molecule has 0 saturated carbocycles. The number of carboxylic acids is 1. The summed E-state index contributed by atoms with van der Waals surface area (Å²) in [5, 5.41) is 8.87. The lowest BCUT2D eigenvalue weighted by atomic mass is 10.0. The molecule has 7 heteroatoms. The van der Waals surface area contributed by atoms with Crippen LogP contribution in [0.3, 0.4) is 0 Å². The molecular weight excluding hydrogens is 305 g/mol. The van der Waals surface area contributed by atoms with E-state index in [1.54, 1.807) is 18.2 Å². The molecular formula is C16H18FNO5. The Morgan fingerprint density at radius 1 is 1.39 bits per heavy atom. The summed E-state index contributed by atoms with van der Waals surface area (Å²) in [6.07, 6.45) is -0.307. The lowest BCUT2D eigenvalue weighted by molar-refractivity contribution is -0.150. The third-order valence-corrected chi connectivity index (χ3v) is 3.98. The number of aliphatic carboxylic acids is 1. The van der Waals surface area contributed by atoms with Crippen LogP contribution in [0.2, 0.25) is 0 Å². The minimum atomic E-state index is -2.39. The smallest absolute Gasteiger partial charge is 0.343 e. The quantitative estimate of drug-likeness (QED) is 0.830. The molecule has 124 valence electrons. The second-order valence-electron chi connectivity index (χ2n) is 5.60. The van der Waals surface area contributed by atoms with Crippen molar-refractivity contribution in [2.45, 2.75) is 25.4 Å². The Labute approximate surface area is 132 Å². The SMILES string of the molecule is COc1ccc(C(C)=O)cc1CC(=O)N1CCC(F)(C(=O)O)C1. The zero-order chi connectivity index (χ0) is 17.2. The molecule has 0 aliphatic carbocycles. The fourth-order valence-electron chi connectivity index (χ4n) is 2.57. The van der Waals surface area contributed by atoms with Crippen LogP contribution in [0, 0.1) is 0 Å². The van der Waals surface area contributed by atoms with Crippen molar-refractivity contribution in [3.63, 3.8) is 0 Å². The highest BCUT2D eigenvalue weighted by Crippen LogP contribution is 2.28. The molecule has 23 heavy (non-hydrogen) atoms. The number of halogens is 1. The predicted molar refractivity (Wildman–Crippen MR) is 79.4 cm³/mol. The van der Waals surface area contributed by atoms with Gasteiger partial charge in [0, 0.05) is 24.1 Å². The second-order valence-corrected chi connectivity index (χ2v) is 5.60. The Morgan fingerprint density at radius 2 is 2.09 bits per heavy atom. The van der Waals surface area contributed by atoms with Crippen LogP contribution in [-0.4, -0.2) is 53.5 Å². The predicted octanol–water partition coefficient (Wildman–Crippen LogP) is 1.47. The molecule has 2 rings (SSSR count). The van der Waals surface area contributed by atoms with Gasteiger partial charge in [0.25, 0.3) is 0 Å². The monoisotopic (exact) mass is 323 g/mol. The third-order valence-electron chi connectivity index (χ3n) is 3.98. The molecule has 1 unspecified atom stereocenters. The molecule has 1 atom stereocenters. The van der Waals surface area contributed by atoms with Crippen molar-refractivity contribution >= 4 is 17.7 Å². The van der Waals surface area contributed by atoms with E-state index < -0.39 is 24.1 Å². The van der Waals surface area contributed by atoms with Crippen molar-refractivity contribution in [3.05, 3.63) is 29.3 Å². The van der Waals surface area contributed by atoms with E-state index in [0.29, 0.717) is 16.9 Å². The number of nitrogens with zero attached hydrogens (tertiary/aromatic N) is 1. The van der Waals surface area contributed by atoms with E-state index in [0.717, 1.165) is 0 Å². The maximum Gasteiger partial charge on any atom is 0.343 e.